The van der Waals surface area contributed by atoms with Crippen molar-refractivity contribution in [3.05, 3.63) is 10.4 Å². The third-order valence-corrected chi connectivity index (χ3v) is 4.52. The molecule has 21 heavy (non-hydrogen) atoms. The van der Waals surface area contributed by atoms with Crippen molar-refractivity contribution in [3.63, 3.8) is 0 Å². The Morgan fingerprint density at radius 2 is 2.14 bits per heavy atom. The predicted octanol–water partition coefficient (Wildman–Crippen LogP) is 0.703. The summed E-state index contributed by atoms with van der Waals surface area (Å²) >= 11 is 1.21. The molecule has 1 aliphatic rings. The van der Waals surface area contributed by atoms with Crippen molar-refractivity contribution >= 4 is 33.9 Å². The number of carbonyl (C=O) groups excluding carboxylic acids is 2. The van der Waals surface area contributed by atoms with E-state index in [0.29, 0.717) is 29.6 Å². The summed E-state index contributed by atoms with van der Waals surface area (Å²) < 4.78 is 10.2. The third kappa shape index (κ3) is 3.11. The molecule has 7 nitrogen and oxygen atoms in total. The lowest BCUT2D eigenvalue weighted by atomic mass is 10.2. The van der Waals surface area contributed by atoms with Crippen molar-refractivity contribution in [1.82, 2.24) is 5.32 Å². The van der Waals surface area contributed by atoms with Gasteiger partial charge in [0.1, 0.15) is 15.4 Å². The molecule has 0 aromatic carbocycles. The SMILES string of the molecule is CNC(=O)c1sc(N2CCCOCC2)c(C(=O)OC)c1N. The monoisotopic (exact) mass is 313 g/mol. The number of ether oxygens (including phenoxy) is 2. The summed E-state index contributed by atoms with van der Waals surface area (Å²) in [5, 5.41) is 3.20. The molecule has 1 aromatic rings. The number of carbonyl (C=O) groups is 2. The molecule has 0 saturated carbocycles. The smallest absolute Gasteiger partial charge is 0.343 e. The molecule has 0 atom stereocenters. The summed E-state index contributed by atoms with van der Waals surface area (Å²) in [5.41, 5.74) is 6.43. The molecule has 0 spiro atoms. The summed E-state index contributed by atoms with van der Waals surface area (Å²) in [7, 11) is 2.83. The van der Waals surface area contributed by atoms with E-state index in [4.69, 9.17) is 15.2 Å². The van der Waals surface area contributed by atoms with Crippen LogP contribution in [0, 0.1) is 0 Å². The molecule has 0 aliphatic carbocycles. The molecule has 1 amide bonds. The largest absolute Gasteiger partial charge is 0.465 e. The highest BCUT2D eigenvalue weighted by Gasteiger charge is 2.29. The third-order valence-electron chi connectivity index (χ3n) is 3.26. The molecule has 0 bridgehead atoms. The highest BCUT2D eigenvalue weighted by atomic mass is 32.1. The van der Waals surface area contributed by atoms with Crippen molar-refractivity contribution in [2.24, 2.45) is 0 Å². The number of amides is 1. The minimum absolute atomic E-state index is 0.173. The first-order chi connectivity index (χ1) is 10.1. The van der Waals surface area contributed by atoms with Gasteiger partial charge in [-0.2, -0.15) is 0 Å². The second-order valence-electron chi connectivity index (χ2n) is 4.55. The van der Waals surface area contributed by atoms with Gasteiger partial charge in [-0.15, -0.1) is 11.3 Å². The van der Waals surface area contributed by atoms with Crippen molar-refractivity contribution < 1.29 is 19.1 Å². The zero-order chi connectivity index (χ0) is 15.4. The molecule has 1 aliphatic heterocycles. The van der Waals surface area contributed by atoms with E-state index in [1.54, 1.807) is 0 Å². The maximum atomic E-state index is 12.0. The summed E-state index contributed by atoms with van der Waals surface area (Å²) in [6.07, 6.45) is 0.855. The highest BCUT2D eigenvalue weighted by Crippen LogP contribution is 2.39. The van der Waals surface area contributed by atoms with Gasteiger partial charge in [0.15, 0.2) is 0 Å². The molecule has 1 saturated heterocycles. The van der Waals surface area contributed by atoms with E-state index in [9.17, 15) is 9.59 Å². The van der Waals surface area contributed by atoms with Crippen LogP contribution in [0.5, 0.6) is 0 Å². The van der Waals surface area contributed by atoms with Gasteiger partial charge in [-0.05, 0) is 6.42 Å². The number of nitrogens with one attached hydrogen (secondary N) is 1. The highest BCUT2D eigenvalue weighted by molar-refractivity contribution is 7.19. The number of esters is 1. The first kappa shape index (κ1) is 15.6. The molecular weight excluding hydrogens is 294 g/mol. The van der Waals surface area contributed by atoms with Crippen LogP contribution in [0.2, 0.25) is 0 Å². The molecule has 2 heterocycles. The Morgan fingerprint density at radius 3 is 2.81 bits per heavy atom. The Kier molecular flexibility index (Phi) is 5.03. The van der Waals surface area contributed by atoms with Crippen LogP contribution in [0.25, 0.3) is 0 Å². The van der Waals surface area contributed by atoms with E-state index in [2.05, 4.69) is 5.32 Å². The van der Waals surface area contributed by atoms with Gasteiger partial charge < -0.3 is 25.4 Å². The summed E-state index contributed by atoms with van der Waals surface area (Å²) in [4.78, 5) is 26.3. The van der Waals surface area contributed by atoms with Crippen LogP contribution < -0.4 is 16.0 Å². The van der Waals surface area contributed by atoms with Crippen LogP contribution in [0.1, 0.15) is 26.5 Å². The van der Waals surface area contributed by atoms with Crippen LogP contribution in [0.15, 0.2) is 0 Å². The number of nitrogens with zero attached hydrogens (tertiary/aromatic N) is 1. The Morgan fingerprint density at radius 1 is 1.38 bits per heavy atom. The lowest BCUT2D eigenvalue weighted by Gasteiger charge is -2.21. The Balaban J connectivity index is 2.46. The number of hydrogen-bond acceptors (Lipinski definition) is 7. The Hall–Kier alpha value is -1.80. The Labute approximate surface area is 127 Å². The molecule has 3 N–H and O–H groups in total. The summed E-state index contributed by atoms with van der Waals surface area (Å²) in [6, 6.07) is 0. The number of nitrogen functional groups attached to an aromatic ring is 1. The first-order valence-corrected chi connectivity index (χ1v) is 7.47. The topological polar surface area (TPSA) is 93.9 Å². The first-order valence-electron chi connectivity index (χ1n) is 6.65. The van der Waals surface area contributed by atoms with Crippen molar-refractivity contribution in [3.8, 4) is 0 Å². The van der Waals surface area contributed by atoms with E-state index in [1.165, 1.54) is 25.5 Å². The van der Waals surface area contributed by atoms with Crippen LogP contribution in [-0.2, 0) is 9.47 Å². The number of rotatable bonds is 3. The zero-order valence-electron chi connectivity index (χ0n) is 12.1. The minimum atomic E-state index is -0.529. The van der Waals surface area contributed by atoms with E-state index in [0.717, 1.165) is 13.0 Å². The molecule has 1 aromatic heterocycles. The number of nitrogens with two attached hydrogens (primary N) is 1. The molecule has 0 radical (unpaired) electrons. The molecule has 8 heteroatoms. The summed E-state index contributed by atoms with van der Waals surface area (Å²) in [6.45, 7) is 2.66. The number of hydrogen-bond donors (Lipinski definition) is 2. The van der Waals surface area contributed by atoms with Gasteiger partial charge >= 0.3 is 5.97 Å². The van der Waals surface area contributed by atoms with Crippen molar-refractivity contribution in [2.45, 2.75) is 6.42 Å². The fourth-order valence-electron chi connectivity index (χ4n) is 2.18. The summed E-state index contributed by atoms with van der Waals surface area (Å²) in [5.74, 6) is -0.834. The van der Waals surface area contributed by atoms with Gasteiger partial charge in [-0.1, -0.05) is 0 Å². The standard InChI is InChI=1S/C13H19N3O4S/c1-15-11(17)10-9(14)8(13(18)19-2)12(21-10)16-4-3-6-20-7-5-16/h3-7,14H2,1-2H3,(H,15,17). The van der Waals surface area contributed by atoms with Gasteiger partial charge in [0.05, 0.1) is 19.4 Å². The minimum Gasteiger partial charge on any atom is -0.465 e. The van der Waals surface area contributed by atoms with E-state index in [1.807, 2.05) is 4.90 Å². The average Bonchev–Trinajstić information content (AvgIpc) is 2.69. The molecule has 1 fully saturated rings. The molecule has 2 rings (SSSR count). The fraction of sp³-hybridized carbons (Fsp3) is 0.538. The number of anilines is 2. The second kappa shape index (κ2) is 6.77. The van der Waals surface area contributed by atoms with Crippen LogP contribution in [0.4, 0.5) is 10.7 Å². The van der Waals surface area contributed by atoms with Gasteiger partial charge in [0.25, 0.3) is 5.91 Å². The van der Waals surface area contributed by atoms with Crippen LogP contribution >= 0.6 is 11.3 Å². The van der Waals surface area contributed by atoms with Gasteiger partial charge in [-0.25, -0.2) is 4.79 Å². The fourth-order valence-corrected chi connectivity index (χ4v) is 3.39. The van der Waals surface area contributed by atoms with E-state index >= 15 is 0 Å². The quantitative estimate of drug-likeness (QED) is 0.798. The normalized spacial score (nSPS) is 15.4. The molecule has 116 valence electrons. The zero-order valence-corrected chi connectivity index (χ0v) is 12.9. The van der Waals surface area contributed by atoms with E-state index in [-0.39, 0.29) is 17.2 Å². The number of methoxy groups -OCH3 is 1. The maximum absolute atomic E-state index is 12.0. The Bertz CT molecular complexity index is 536. The van der Waals surface area contributed by atoms with Crippen molar-refractivity contribution in [2.75, 3.05) is 51.1 Å². The maximum Gasteiger partial charge on any atom is 0.343 e. The van der Waals surface area contributed by atoms with Crippen molar-refractivity contribution in [1.29, 1.82) is 0 Å². The predicted molar refractivity (Wildman–Crippen MR) is 81.1 cm³/mol. The second-order valence-corrected chi connectivity index (χ2v) is 5.55. The van der Waals surface area contributed by atoms with Gasteiger partial charge in [0.2, 0.25) is 0 Å². The molecule has 0 unspecified atom stereocenters. The molecular formula is C13H19N3O4S. The van der Waals surface area contributed by atoms with Gasteiger partial charge in [-0.3, -0.25) is 4.79 Å². The van der Waals surface area contributed by atoms with Crippen LogP contribution in [0.3, 0.4) is 0 Å². The lowest BCUT2D eigenvalue weighted by Crippen LogP contribution is -2.26. The van der Waals surface area contributed by atoms with E-state index < -0.39 is 5.97 Å². The average molecular weight is 313 g/mol. The van der Waals surface area contributed by atoms with Crippen LogP contribution in [-0.4, -0.2) is 52.3 Å². The van der Waals surface area contributed by atoms with Gasteiger partial charge in [0, 0.05) is 26.7 Å². The lowest BCUT2D eigenvalue weighted by molar-refractivity contribution is 0.0603. The number of thiophene rings is 1.